The van der Waals surface area contributed by atoms with Crippen molar-refractivity contribution in [3.05, 3.63) is 18.2 Å². The maximum absolute atomic E-state index is 11.3. The smallest absolute Gasteiger partial charge is 0.315 e. The van der Waals surface area contributed by atoms with Gasteiger partial charge in [-0.25, -0.2) is 0 Å². The minimum absolute atomic E-state index is 0.137. The van der Waals surface area contributed by atoms with Crippen molar-refractivity contribution < 1.29 is 24.2 Å². The number of anilines is 1. The largest absolute Gasteiger partial charge is 0.506 e. The third kappa shape index (κ3) is 3.67. The minimum Gasteiger partial charge on any atom is -0.506 e. The van der Waals surface area contributed by atoms with Crippen LogP contribution in [-0.4, -0.2) is 31.2 Å². The molecule has 1 aromatic carbocycles. The molecule has 1 amide bonds. The highest BCUT2D eigenvalue weighted by Crippen LogP contribution is 2.27. The predicted molar refractivity (Wildman–Crippen MR) is 59.9 cm³/mol. The van der Waals surface area contributed by atoms with E-state index in [1.807, 2.05) is 0 Å². The second-order valence-corrected chi connectivity index (χ2v) is 3.18. The van der Waals surface area contributed by atoms with Gasteiger partial charge in [-0.2, -0.15) is 0 Å². The van der Waals surface area contributed by atoms with Crippen molar-refractivity contribution >= 4 is 17.6 Å². The molecule has 6 nitrogen and oxygen atoms in total. The summed E-state index contributed by atoms with van der Waals surface area (Å²) >= 11 is 0. The summed E-state index contributed by atoms with van der Waals surface area (Å²) in [4.78, 5) is 22.2. The zero-order valence-electron chi connectivity index (χ0n) is 9.52. The second-order valence-electron chi connectivity index (χ2n) is 3.18. The molecule has 1 rings (SSSR count). The molecule has 0 atom stereocenters. The topological polar surface area (TPSA) is 84.9 Å². The molecule has 0 saturated carbocycles. The number of aromatic hydroxyl groups is 1. The Bertz CT molecular complexity index is 430. The molecule has 0 aliphatic heterocycles. The van der Waals surface area contributed by atoms with Gasteiger partial charge in [-0.1, -0.05) is 0 Å². The lowest BCUT2D eigenvalue weighted by Gasteiger charge is -2.08. The number of nitrogens with one attached hydrogen (secondary N) is 1. The highest BCUT2D eigenvalue weighted by Gasteiger charge is 2.11. The van der Waals surface area contributed by atoms with E-state index >= 15 is 0 Å². The Hall–Kier alpha value is -2.24. The van der Waals surface area contributed by atoms with Crippen molar-refractivity contribution in [3.63, 3.8) is 0 Å². The Labute approximate surface area is 98.2 Å². The maximum Gasteiger partial charge on any atom is 0.315 e. The van der Waals surface area contributed by atoms with Gasteiger partial charge in [0.1, 0.15) is 17.9 Å². The number of benzene rings is 1. The molecule has 0 radical (unpaired) electrons. The average molecular weight is 239 g/mol. The Balaban J connectivity index is 2.68. The number of amides is 1. The van der Waals surface area contributed by atoms with Crippen molar-refractivity contribution in [2.75, 3.05) is 19.5 Å². The fourth-order valence-electron chi connectivity index (χ4n) is 1.14. The maximum atomic E-state index is 11.3. The van der Waals surface area contributed by atoms with E-state index in [4.69, 9.17) is 4.74 Å². The number of phenols is 1. The van der Waals surface area contributed by atoms with Crippen LogP contribution in [-0.2, 0) is 14.3 Å². The summed E-state index contributed by atoms with van der Waals surface area (Å²) in [6.45, 7) is 0. The van der Waals surface area contributed by atoms with Gasteiger partial charge in [0.05, 0.1) is 19.9 Å². The fraction of sp³-hybridized carbons (Fsp3) is 0.273. The Morgan fingerprint density at radius 2 is 2.06 bits per heavy atom. The van der Waals surface area contributed by atoms with E-state index in [1.54, 1.807) is 6.07 Å². The Morgan fingerprint density at radius 3 is 2.59 bits per heavy atom. The summed E-state index contributed by atoms with van der Waals surface area (Å²) in [7, 11) is 2.66. The monoisotopic (exact) mass is 239 g/mol. The SMILES string of the molecule is COC(=O)CC(=O)Nc1ccc(OC)cc1O. The molecular weight excluding hydrogens is 226 g/mol. The number of esters is 1. The van der Waals surface area contributed by atoms with Crippen molar-refractivity contribution in [1.82, 2.24) is 0 Å². The summed E-state index contributed by atoms with van der Waals surface area (Å²) in [6, 6.07) is 4.41. The van der Waals surface area contributed by atoms with Crippen LogP contribution >= 0.6 is 0 Å². The third-order valence-corrected chi connectivity index (χ3v) is 2.01. The van der Waals surface area contributed by atoms with E-state index in [0.717, 1.165) is 0 Å². The summed E-state index contributed by atoms with van der Waals surface area (Å²) in [5.41, 5.74) is 0.208. The van der Waals surface area contributed by atoms with Gasteiger partial charge >= 0.3 is 5.97 Å². The molecule has 0 aliphatic rings. The van der Waals surface area contributed by atoms with Crippen LogP contribution in [0.2, 0.25) is 0 Å². The van der Waals surface area contributed by atoms with Crippen LogP contribution in [0.15, 0.2) is 18.2 Å². The molecule has 0 heterocycles. The van der Waals surface area contributed by atoms with Crippen LogP contribution in [0.3, 0.4) is 0 Å². The Kier molecular flexibility index (Phi) is 4.33. The lowest BCUT2D eigenvalue weighted by molar-refractivity contribution is -0.142. The molecule has 0 aromatic heterocycles. The van der Waals surface area contributed by atoms with Gasteiger partial charge in [-0.15, -0.1) is 0 Å². The third-order valence-electron chi connectivity index (χ3n) is 2.01. The first-order valence-electron chi connectivity index (χ1n) is 4.80. The quantitative estimate of drug-likeness (QED) is 0.463. The molecule has 0 saturated heterocycles. The lowest BCUT2D eigenvalue weighted by atomic mass is 10.2. The molecule has 92 valence electrons. The molecule has 0 aliphatic carbocycles. The van der Waals surface area contributed by atoms with Crippen LogP contribution < -0.4 is 10.1 Å². The van der Waals surface area contributed by atoms with Gasteiger partial charge in [-0.05, 0) is 12.1 Å². The molecule has 0 unspecified atom stereocenters. The number of phenolic OH excluding ortho intramolecular Hbond substituents is 1. The molecule has 0 fully saturated rings. The van der Waals surface area contributed by atoms with E-state index in [1.165, 1.54) is 26.4 Å². The van der Waals surface area contributed by atoms with Gasteiger partial charge in [0.2, 0.25) is 5.91 Å². The number of hydrogen-bond donors (Lipinski definition) is 2. The van der Waals surface area contributed by atoms with Crippen molar-refractivity contribution in [2.24, 2.45) is 0 Å². The van der Waals surface area contributed by atoms with E-state index in [2.05, 4.69) is 10.1 Å². The minimum atomic E-state index is -0.643. The first-order chi connectivity index (χ1) is 8.06. The molecule has 0 bridgehead atoms. The van der Waals surface area contributed by atoms with Crippen molar-refractivity contribution in [1.29, 1.82) is 0 Å². The fourth-order valence-corrected chi connectivity index (χ4v) is 1.14. The van der Waals surface area contributed by atoms with Gasteiger partial charge in [0.25, 0.3) is 0 Å². The number of methoxy groups -OCH3 is 2. The zero-order valence-corrected chi connectivity index (χ0v) is 9.52. The molecule has 17 heavy (non-hydrogen) atoms. The Morgan fingerprint density at radius 1 is 1.35 bits per heavy atom. The first kappa shape index (κ1) is 12.8. The number of ether oxygens (including phenoxy) is 2. The molecule has 1 aromatic rings. The molecular formula is C11H13NO5. The predicted octanol–water partition coefficient (Wildman–Crippen LogP) is 0.902. The van der Waals surface area contributed by atoms with Crippen LogP contribution in [0, 0.1) is 0 Å². The number of carbonyl (C=O) groups is 2. The molecule has 2 N–H and O–H groups in total. The van der Waals surface area contributed by atoms with Crippen LogP contribution in [0.4, 0.5) is 5.69 Å². The van der Waals surface area contributed by atoms with E-state index < -0.39 is 18.3 Å². The van der Waals surface area contributed by atoms with Crippen LogP contribution in [0.5, 0.6) is 11.5 Å². The molecule has 0 spiro atoms. The van der Waals surface area contributed by atoms with Gasteiger partial charge in [-0.3, -0.25) is 9.59 Å². The summed E-state index contributed by atoms with van der Waals surface area (Å²) in [5.74, 6) is -0.871. The summed E-state index contributed by atoms with van der Waals surface area (Å²) in [5, 5.41) is 11.9. The van der Waals surface area contributed by atoms with Crippen molar-refractivity contribution in [3.8, 4) is 11.5 Å². The van der Waals surface area contributed by atoms with Gasteiger partial charge in [0, 0.05) is 6.07 Å². The first-order valence-corrected chi connectivity index (χ1v) is 4.80. The summed E-state index contributed by atoms with van der Waals surface area (Å²) in [6.07, 6.45) is -0.401. The van der Waals surface area contributed by atoms with E-state index in [0.29, 0.717) is 5.75 Å². The van der Waals surface area contributed by atoms with Crippen molar-refractivity contribution in [2.45, 2.75) is 6.42 Å². The highest BCUT2D eigenvalue weighted by molar-refractivity contribution is 6.02. The van der Waals surface area contributed by atoms with Crippen LogP contribution in [0.25, 0.3) is 0 Å². The normalized spacial score (nSPS) is 9.53. The van der Waals surface area contributed by atoms with Crippen LogP contribution in [0.1, 0.15) is 6.42 Å². The van der Waals surface area contributed by atoms with E-state index in [9.17, 15) is 14.7 Å². The summed E-state index contributed by atoms with van der Waals surface area (Å²) < 4.78 is 9.23. The standard InChI is InChI=1S/C11H13NO5/c1-16-7-3-4-8(9(13)5-7)12-10(14)6-11(15)17-2/h3-5,13H,6H2,1-2H3,(H,12,14). The van der Waals surface area contributed by atoms with Gasteiger partial charge in [0.15, 0.2) is 0 Å². The zero-order chi connectivity index (χ0) is 12.8. The average Bonchev–Trinajstić information content (AvgIpc) is 2.31. The second kappa shape index (κ2) is 5.74. The lowest BCUT2D eigenvalue weighted by Crippen LogP contribution is -2.17. The number of carbonyl (C=O) groups excluding carboxylic acids is 2. The highest BCUT2D eigenvalue weighted by atomic mass is 16.5. The number of hydrogen-bond acceptors (Lipinski definition) is 5. The van der Waals surface area contributed by atoms with E-state index in [-0.39, 0.29) is 11.4 Å². The van der Waals surface area contributed by atoms with Gasteiger partial charge < -0.3 is 19.9 Å². The number of rotatable bonds is 4. The molecule has 6 heteroatoms.